The van der Waals surface area contributed by atoms with E-state index < -0.39 is 6.04 Å². The third-order valence-corrected chi connectivity index (χ3v) is 1.47. The Morgan fingerprint density at radius 2 is 2.46 bits per heavy atom. The van der Waals surface area contributed by atoms with Gasteiger partial charge in [-0.2, -0.15) is 0 Å². The predicted molar refractivity (Wildman–Crippen MR) is 47.5 cm³/mol. The molecule has 0 aliphatic carbocycles. The monoisotopic (exact) mass is 180 g/mol. The maximum absolute atomic E-state index is 11.0. The first-order chi connectivity index (χ1) is 6.20. The highest BCUT2D eigenvalue weighted by Crippen LogP contribution is 1.88. The smallest absolute Gasteiger partial charge is 0.236 e. The Labute approximate surface area is 76.4 Å². The zero-order chi connectivity index (χ0) is 9.68. The van der Waals surface area contributed by atoms with Gasteiger partial charge in [0.15, 0.2) is 0 Å². The molecule has 70 valence electrons. The summed E-state index contributed by atoms with van der Waals surface area (Å²) in [5.74, 6) is -0.189. The fraction of sp³-hybridized carbons (Fsp3) is 0.375. The van der Waals surface area contributed by atoms with E-state index in [1.165, 1.54) is 0 Å². The number of aromatic nitrogens is 2. The second-order valence-corrected chi connectivity index (χ2v) is 2.70. The molecule has 1 heterocycles. The fourth-order valence-electron chi connectivity index (χ4n) is 0.760. The molecule has 13 heavy (non-hydrogen) atoms. The number of hydrogen-bond donors (Lipinski definition) is 2. The van der Waals surface area contributed by atoms with Crippen molar-refractivity contribution in [3.05, 3.63) is 24.3 Å². The van der Waals surface area contributed by atoms with Gasteiger partial charge in [-0.25, -0.2) is 0 Å². The molecule has 1 amide bonds. The lowest BCUT2D eigenvalue weighted by atomic mass is 10.3. The molecule has 0 aliphatic heterocycles. The van der Waals surface area contributed by atoms with Gasteiger partial charge < -0.3 is 11.1 Å². The van der Waals surface area contributed by atoms with Crippen LogP contribution < -0.4 is 11.1 Å². The number of nitrogens with two attached hydrogens (primary N) is 1. The summed E-state index contributed by atoms with van der Waals surface area (Å²) in [6.45, 7) is 2.00. The second kappa shape index (κ2) is 4.51. The van der Waals surface area contributed by atoms with E-state index in [-0.39, 0.29) is 5.91 Å². The van der Waals surface area contributed by atoms with Gasteiger partial charge in [0.25, 0.3) is 0 Å². The van der Waals surface area contributed by atoms with Crippen molar-refractivity contribution in [2.24, 2.45) is 5.73 Å². The van der Waals surface area contributed by atoms with E-state index in [0.29, 0.717) is 6.54 Å². The minimum atomic E-state index is -0.489. The average Bonchev–Trinajstić information content (AvgIpc) is 2.15. The zero-order valence-corrected chi connectivity index (χ0v) is 7.40. The van der Waals surface area contributed by atoms with E-state index in [1.54, 1.807) is 25.5 Å². The molecule has 1 unspecified atom stereocenters. The molecular weight excluding hydrogens is 168 g/mol. The minimum Gasteiger partial charge on any atom is -0.349 e. The molecule has 0 fully saturated rings. The molecule has 0 saturated heterocycles. The molecule has 1 atom stereocenters. The summed E-state index contributed by atoms with van der Waals surface area (Å²) in [5, 5.41) is 2.63. The van der Waals surface area contributed by atoms with Crippen molar-refractivity contribution in [2.45, 2.75) is 19.5 Å². The summed E-state index contributed by atoms with van der Waals surface area (Å²) in [7, 11) is 0. The first-order valence-electron chi connectivity index (χ1n) is 3.98. The van der Waals surface area contributed by atoms with E-state index in [1.807, 2.05) is 0 Å². The lowest BCUT2D eigenvalue weighted by Gasteiger charge is -2.06. The molecule has 0 aromatic carbocycles. The highest BCUT2D eigenvalue weighted by Gasteiger charge is 2.05. The van der Waals surface area contributed by atoms with Crippen LogP contribution in [0.1, 0.15) is 12.6 Å². The first-order valence-corrected chi connectivity index (χ1v) is 3.98. The Morgan fingerprint density at radius 3 is 3.00 bits per heavy atom. The third kappa shape index (κ3) is 3.16. The Hall–Kier alpha value is -1.49. The molecule has 1 rings (SSSR count). The molecule has 0 spiro atoms. The van der Waals surface area contributed by atoms with Gasteiger partial charge >= 0.3 is 0 Å². The lowest BCUT2D eigenvalue weighted by Crippen LogP contribution is -2.37. The average molecular weight is 180 g/mol. The van der Waals surface area contributed by atoms with E-state index in [4.69, 9.17) is 5.73 Å². The van der Waals surface area contributed by atoms with Crippen molar-refractivity contribution < 1.29 is 4.79 Å². The normalized spacial score (nSPS) is 12.2. The number of rotatable bonds is 3. The molecule has 0 radical (unpaired) electrons. The molecule has 3 N–H and O–H groups in total. The van der Waals surface area contributed by atoms with E-state index >= 15 is 0 Å². The summed E-state index contributed by atoms with van der Waals surface area (Å²) in [5.41, 5.74) is 6.07. The van der Waals surface area contributed by atoms with Crippen molar-refractivity contribution in [2.75, 3.05) is 0 Å². The topological polar surface area (TPSA) is 80.9 Å². The van der Waals surface area contributed by atoms with Crippen molar-refractivity contribution in [1.82, 2.24) is 15.3 Å². The molecule has 0 aliphatic rings. The molecule has 5 heteroatoms. The summed E-state index contributed by atoms with van der Waals surface area (Å²) in [6.07, 6.45) is 4.76. The zero-order valence-electron chi connectivity index (χ0n) is 7.40. The largest absolute Gasteiger partial charge is 0.349 e. The van der Waals surface area contributed by atoms with Crippen molar-refractivity contribution >= 4 is 5.91 Å². The summed E-state index contributed by atoms with van der Waals surface area (Å²) in [6, 6.07) is -0.489. The predicted octanol–water partition coefficient (Wildman–Crippen LogP) is -0.560. The van der Waals surface area contributed by atoms with Gasteiger partial charge in [0, 0.05) is 12.4 Å². The van der Waals surface area contributed by atoms with Crippen LogP contribution in [-0.2, 0) is 11.3 Å². The number of nitrogens with one attached hydrogen (secondary N) is 1. The van der Waals surface area contributed by atoms with Gasteiger partial charge in [-0.1, -0.05) is 0 Å². The van der Waals surface area contributed by atoms with Gasteiger partial charge in [0.2, 0.25) is 5.91 Å². The molecule has 5 nitrogen and oxygen atoms in total. The highest BCUT2D eigenvalue weighted by atomic mass is 16.2. The quantitative estimate of drug-likeness (QED) is 0.653. The fourth-order valence-corrected chi connectivity index (χ4v) is 0.760. The van der Waals surface area contributed by atoms with Crippen molar-refractivity contribution in [1.29, 1.82) is 0 Å². The van der Waals surface area contributed by atoms with Gasteiger partial charge in [-0.15, -0.1) is 0 Å². The summed E-state index contributed by atoms with van der Waals surface area (Å²) >= 11 is 0. The van der Waals surface area contributed by atoms with Gasteiger partial charge in [-0.05, 0) is 6.92 Å². The summed E-state index contributed by atoms with van der Waals surface area (Å²) in [4.78, 5) is 18.9. The van der Waals surface area contributed by atoms with Gasteiger partial charge in [0.1, 0.15) is 0 Å². The van der Waals surface area contributed by atoms with Crippen LogP contribution in [-0.4, -0.2) is 21.9 Å². The minimum absolute atomic E-state index is 0.189. The van der Waals surface area contributed by atoms with Crippen LogP contribution in [0.5, 0.6) is 0 Å². The van der Waals surface area contributed by atoms with E-state index in [9.17, 15) is 4.79 Å². The summed E-state index contributed by atoms with van der Waals surface area (Å²) < 4.78 is 0. The van der Waals surface area contributed by atoms with Crippen LogP contribution in [0.4, 0.5) is 0 Å². The lowest BCUT2D eigenvalue weighted by molar-refractivity contribution is -0.122. The number of amides is 1. The van der Waals surface area contributed by atoms with Crippen LogP contribution in [0.15, 0.2) is 18.6 Å². The van der Waals surface area contributed by atoms with Crippen LogP contribution >= 0.6 is 0 Å². The number of carbonyl (C=O) groups excluding carboxylic acids is 1. The Bertz CT molecular complexity index is 273. The number of nitrogens with zero attached hydrogens (tertiary/aromatic N) is 2. The molecule has 0 saturated carbocycles. The van der Waals surface area contributed by atoms with Gasteiger partial charge in [0.05, 0.1) is 24.5 Å². The molecule has 0 bridgehead atoms. The van der Waals surface area contributed by atoms with Gasteiger partial charge in [-0.3, -0.25) is 14.8 Å². The maximum Gasteiger partial charge on any atom is 0.236 e. The van der Waals surface area contributed by atoms with E-state index in [0.717, 1.165) is 5.69 Å². The van der Waals surface area contributed by atoms with Crippen molar-refractivity contribution in [3.63, 3.8) is 0 Å². The maximum atomic E-state index is 11.0. The van der Waals surface area contributed by atoms with Crippen LogP contribution in [0.25, 0.3) is 0 Å². The first kappa shape index (κ1) is 9.60. The Morgan fingerprint density at radius 1 is 1.69 bits per heavy atom. The highest BCUT2D eigenvalue weighted by molar-refractivity contribution is 5.80. The second-order valence-electron chi connectivity index (χ2n) is 2.70. The number of hydrogen-bond acceptors (Lipinski definition) is 4. The molecule has 1 aromatic rings. The molecule has 1 aromatic heterocycles. The van der Waals surface area contributed by atoms with E-state index in [2.05, 4.69) is 15.3 Å². The van der Waals surface area contributed by atoms with Crippen molar-refractivity contribution in [3.8, 4) is 0 Å². The third-order valence-electron chi connectivity index (χ3n) is 1.47. The Kier molecular flexibility index (Phi) is 3.33. The molecular formula is C8H12N4O. The Balaban J connectivity index is 2.40. The van der Waals surface area contributed by atoms with Crippen LogP contribution in [0.2, 0.25) is 0 Å². The SMILES string of the molecule is CC(N)C(=O)NCc1cnccn1. The van der Waals surface area contributed by atoms with Crippen LogP contribution in [0, 0.1) is 0 Å². The van der Waals surface area contributed by atoms with Crippen LogP contribution in [0.3, 0.4) is 0 Å². The number of carbonyl (C=O) groups is 1. The standard InChI is InChI=1S/C8H12N4O/c1-6(9)8(13)12-5-7-4-10-2-3-11-7/h2-4,6H,5,9H2,1H3,(H,12,13).